The van der Waals surface area contributed by atoms with Gasteiger partial charge in [-0.05, 0) is 55.9 Å². The first-order valence-corrected chi connectivity index (χ1v) is 12.2. The Morgan fingerprint density at radius 3 is 2.44 bits per heavy atom. The van der Waals surface area contributed by atoms with Gasteiger partial charge in [0.2, 0.25) is 11.8 Å². The van der Waals surface area contributed by atoms with Gasteiger partial charge in [-0.2, -0.15) is 0 Å². The van der Waals surface area contributed by atoms with E-state index in [9.17, 15) is 14.4 Å². The van der Waals surface area contributed by atoms with Crippen molar-refractivity contribution in [1.82, 2.24) is 9.80 Å². The third-order valence-corrected chi connectivity index (χ3v) is 6.45. The molecule has 2 saturated heterocycles. The molecule has 0 spiro atoms. The Morgan fingerprint density at radius 2 is 1.65 bits per heavy atom. The summed E-state index contributed by atoms with van der Waals surface area (Å²) in [5, 5.41) is 0. The van der Waals surface area contributed by atoms with Crippen LogP contribution in [0.3, 0.4) is 0 Å². The molecule has 178 valence electrons. The molecule has 34 heavy (non-hydrogen) atoms. The normalized spacial score (nSPS) is 17.9. The van der Waals surface area contributed by atoms with E-state index in [1.54, 1.807) is 29.2 Å². The Hall–Kier alpha value is -3.41. The van der Waals surface area contributed by atoms with Crippen LogP contribution in [0.5, 0.6) is 5.75 Å². The first-order chi connectivity index (χ1) is 16.6. The summed E-state index contributed by atoms with van der Waals surface area (Å²) >= 11 is 0. The molecule has 4 rings (SSSR count). The fourth-order valence-corrected chi connectivity index (χ4v) is 4.64. The molecule has 2 aliphatic heterocycles. The lowest BCUT2D eigenvalue weighted by molar-refractivity contribution is -0.143. The van der Waals surface area contributed by atoms with Crippen LogP contribution in [-0.2, 0) is 9.59 Å². The average Bonchev–Trinajstić information content (AvgIpc) is 3.58. The molecule has 0 bridgehead atoms. The SMILES string of the molecule is O=C(/C=C/c1ccccc1)c1ccccc1OCCCC(=O)N1CCC[C@H]1C(=O)N1CCCC1. The van der Waals surface area contributed by atoms with E-state index in [0.29, 0.717) is 37.3 Å². The zero-order valence-corrected chi connectivity index (χ0v) is 19.5. The molecule has 0 saturated carbocycles. The lowest BCUT2D eigenvalue weighted by Crippen LogP contribution is -2.46. The van der Waals surface area contributed by atoms with Crippen LogP contribution in [-0.4, -0.2) is 59.7 Å². The molecule has 0 N–H and O–H groups in total. The van der Waals surface area contributed by atoms with E-state index in [2.05, 4.69) is 0 Å². The van der Waals surface area contributed by atoms with Gasteiger partial charge in [-0.15, -0.1) is 0 Å². The number of likely N-dealkylation sites (tertiary alicyclic amines) is 2. The Labute approximate surface area is 201 Å². The molecule has 1 atom stereocenters. The Kier molecular flexibility index (Phi) is 8.12. The van der Waals surface area contributed by atoms with Crippen molar-refractivity contribution in [3.63, 3.8) is 0 Å². The lowest BCUT2D eigenvalue weighted by Gasteiger charge is -2.27. The average molecular weight is 461 g/mol. The number of nitrogens with zero attached hydrogens (tertiary/aromatic N) is 2. The van der Waals surface area contributed by atoms with Gasteiger partial charge in [-0.3, -0.25) is 14.4 Å². The molecule has 2 amide bonds. The summed E-state index contributed by atoms with van der Waals surface area (Å²) in [5.74, 6) is 0.501. The highest BCUT2D eigenvalue weighted by Crippen LogP contribution is 2.23. The molecule has 2 aromatic rings. The summed E-state index contributed by atoms with van der Waals surface area (Å²) in [6.07, 6.45) is 7.92. The van der Waals surface area contributed by atoms with Crippen molar-refractivity contribution in [2.45, 2.75) is 44.6 Å². The van der Waals surface area contributed by atoms with E-state index in [1.165, 1.54) is 0 Å². The Morgan fingerprint density at radius 1 is 0.912 bits per heavy atom. The van der Waals surface area contributed by atoms with E-state index in [0.717, 1.165) is 44.3 Å². The number of amides is 2. The summed E-state index contributed by atoms with van der Waals surface area (Å²) in [4.78, 5) is 42.0. The van der Waals surface area contributed by atoms with Crippen LogP contribution in [0.25, 0.3) is 6.08 Å². The first-order valence-electron chi connectivity index (χ1n) is 12.2. The number of carbonyl (C=O) groups excluding carboxylic acids is 3. The smallest absolute Gasteiger partial charge is 0.245 e. The monoisotopic (exact) mass is 460 g/mol. The molecule has 2 aromatic carbocycles. The minimum atomic E-state index is -0.304. The van der Waals surface area contributed by atoms with Gasteiger partial charge in [0.25, 0.3) is 0 Å². The van der Waals surface area contributed by atoms with Crippen molar-refractivity contribution in [3.8, 4) is 5.75 Å². The van der Waals surface area contributed by atoms with Crippen LogP contribution in [0.2, 0.25) is 0 Å². The van der Waals surface area contributed by atoms with Crippen LogP contribution in [0.4, 0.5) is 0 Å². The van der Waals surface area contributed by atoms with E-state index in [-0.39, 0.29) is 23.6 Å². The second kappa shape index (κ2) is 11.6. The highest BCUT2D eigenvalue weighted by molar-refractivity contribution is 6.08. The predicted molar refractivity (Wildman–Crippen MR) is 132 cm³/mol. The van der Waals surface area contributed by atoms with Crippen molar-refractivity contribution in [3.05, 3.63) is 71.8 Å². The quantitative estimate of drug-likeness (QED) is 0.317. The molecule has 2 aliphatic rings. The number of rotatable bonds is 9. The number of ether oxygens (including phenoxy) is 1. The number of para-hydroxylation sites is 1. The molecular weight excluding hydrogens is 428 g/mol. The fourth-order valence-electron chi connectivity index (χ4n) is 4.64. The van der Waals surface area contributed by atoms with Crippen LogP contribution >= 0.6 is 0 Å². The van der Waals surface area contributed by atoms with Gasteiger partial charge in [0.05, 0.1) is 12.2 Å². The largest absolute Gasteiger partial charge is 0.493 e. The zero-order chi connectivity index (χ0) is 23.8. The van der Waals surface area contributed by atoms with Crippen molar-refractivity contribution >= 4 is 23.7 Å². The highest BCUT2D eigenvalue weighted by Gasteiger charge is 2.36. The van der Waals surface area contributed by atoms with Gasteiger partial charge in [0.15, 0.2) is 5.78 Å². The molecule has 2 heterocycles. The third kappa shape index (κ3) is 5.93. The molecule has 6 nitrogen and oxygen atoms in total. The van der Waals surface area contributed by atoms with Gasteiger partial charge in [0.1, 0.15) is 11.8 Å². The molecule has 0 aromatic heterocycles. The van der Waals surface area contributed by atoms with E-state index in [1.807, 2.05) is 47.4 Å². The third-order valence-electron chi connectivity index (χ3n) is 6.45. The summed E-state index contributed by atoms with van der Waals surface area (Å²) in [7, 11) is 0. The van der Waals surface area contributed by atoms with Crippen molar-refractivity contribution in [1.29, 1.82) is 0 Å². The number of hydrogen-bond donors (Lipinski definition) is 0. The number of carbonyl (C=O) groups is 3. The fraction of sp³-hybridized carbons (Fsp3) is 0.393. The lowest BCUT2D eigenvalue weighted by atomic mass is 10.1. The van der Waals surface area contributed by atoms with Gasteiger partial charge in [-0.25, -0.2) is 0 Å². The summed E-state index contributed by atoms with van der Waals surface area (Å²) in [6, 6.07) is 16.5. The maximum absolute atomic E-state index is 12.8. The molecule has 0 aliphatic carbocycles. The number of hydrogen-bond acceptors (Lipinski definition) is 4. The van der Waals surface area contributed by atoms with Crippen molar-refractivity contribution in [2.24, 2.45) is 0 Å². The van der Waals surface area contributed by atoms with Crippen LogP contribution < -0.4 is 4.74 Å². The van der Waals surface area contributed by atoms with Crippen LogP contribution in [0, 0.1) is 0 Å². The summed E-state index contributed by atoms with van der Waals surface area (Å²) in [6.45, 7) is 2.60. The Bertz CT molecular complexity index is 1030. The first kappa shape index (κ1) is 23.7. The second-order valence-electron chi connectivity index (χ2n) is 8.83. The maximum Gasteiger partial charge on any atom is 0.245 e. The summed E-state index contributed by atoms with van der Waals surface area (Å²) < 4.78 is 5.88. The van der Waals surface area contributed by atoms with Gasteiger partial charge in [-0.1, -0.05) is 48.5 Å². The van der Waals surface area contributed by atoms with E-state index in [4.69, 9.17) is 4.74 Å². The Balaban J connectivity index is 1.27. The number of allylic oxidation sites excluding steroid dienone is 1. The maximum atomic E-state index is 12.8. The highest BCUT2D eigenvalue weighted by atomic mass is 16.5. The second-order valence-corrected chi connectivity index (χ2v) is 8.83. The molecule has 0 unspecified atom stereocenters. The van der Waals surface area contributed by atoms with Gasteiger partial charge >= 0.3 is 0 Å². The topological polar surface area (TPSA) is 66.9 Å². The van der Waals surface area contributed by atoms with Crippen LogP contribution in [0.15, 0.2) is 60.7 Å². The minimum absolute atomic E-state index is 0.00815. The van der Waals surface area contributed by atoms with Crippen LogP contribution in [0.1, 0.15) is 54.4 Å². The molecule has 0 radical (unpaired) electrons. The van der Waals surface area contributed by atoms with Gasteiger partial charge < -0.3 is 14.5 Å². The van der Waals surface area contributed by atoms with Crippen molar-refractivity contribution in [2.75, 3.05) is 26.2 Å². The number of ketones is 1. The molecule has 2 fully saturated rings. The standard InChI is InChI=1S/C28H32N2O4/c31-25(17-16-22-10-2-1-3-11-22)23-12-4-5-14-26(23)34-21-9-15-27(32)30-20-8-13-24(30)28(33)29-18-6-7-19-29/h1-5,10-12,14,16-17,24H,6-9,13,15,18-21H2/b17-16+/t24-/m0/s1. The van der Waals surface area contributed by atoms with Gasteiger partial charge in [0, 0.05) is 26.1 Å². The predicted octanol–water partition coefficient (Wildman–Crippen LogP) is 4.36. The molecule has 6 heteroatoms. The summed E-state index contributed by atoms with van der Waals surface area (Å²) in [5.41, 5.74) is 1.45. The molecular formula is C28H32N2O4. The van der Waals surface area contributed by atoms with E-state index >= 15 is 0 Å². The van der Waals surface area contributed by atoms with Crippen molar-refractivity contribution < 1.29 is 19.1 Å². The minimum Gasteiger partial charge on any atom is -0.493 e. The van der Waals surface area contributed by atoms with E-state index < -0.39 is 0 Å². The number of benzene rings is 2. The zero-order valence-electron chi connectivity index (χ0n) is 19.5.